The molecule has 3 nitrogen and oxygen atoms in total. The summed E-state index contributed by atoms with van der Waals surface area (Å²) in [4.78, 5) is 3.97. The molecule has 0 fully saturated rings. The van der Waals surface area contributed by atoms with E-state index in [1.165, 1.54) is 0 Å². The molecule has 1 N–H and O–H groups in total. The molecule has 0 aliphatic heterocycles. The molecular weight excluding hydrogens is 246 g/mol. The number of halogens is 1. The van der Waals surface area contributed by atoms with Crippen LogP contribution in [0.3, 0.4) is 0 Å². The van der Waals surface area contributed by atoms with Gasteiger partial charge in [-0.2, -0.15) is 5.10 Å². The van der Waals surface area contributed by atoms with Crippen molar-refractivity contribution in [1.82, 2.24) is 4.98 Å². The maximum absolute atomic E-state index is 6.05. The lowest BCUT2D eigenvalue weighted by Gasteiger charge is -2.05. The maximum atomic E-state index is 6.05. The van der Waals surface area contributed by atoms with Crippen molar-refractivity contribution >= 4 is 23.0 Å². The molecule has 0 bridgehead atoms. The molecule has 4 heteroatoms. The van der Waals surface area contributed by atoms with Crippen LogP contribution in [0.4, 0.5) is 5.69 Å². The van der Waals surface area contributed by atoms with Crippen LogP contribution in [0.2, 0.25) is 5.02 Å². The average molecular weight is 260 g/mol. The molecule has 0 saturated carbocycles. The second-order valence-corrected chi connectivity index (χ2v) is 4.42. The van der Waals surface area contributed by atoms with Gasteiger partial charge in [0.05, 0.1) is 11.4 Å². The Hall–Kier alpha value is -1.87. The fourth-order valence-electron chi connectivity index (χ4n) is 1.47. The van der Waals surface area contributed by atoms with Crippen LogP contribution in [0, 0.1) is 6.92 Å². The van der Waals surface area contributed by atoms with Gasteiger partial charge in [0.15, 0.2) is 0 Å². The Kier molecular flexibility index (Phi) is 3.95. The summed E-state index contributed by atoms with van der Waals surface area (Å²) in [7, 11) is 0. The fourth-order valence-corrected chi connectivity index (χ4v) is 1.65. The number of hydrogen-bond acceptors (Lipinski definition) is 3. The topological polar surface area (TPSA) is 37.3 Å². The summed E-state index contributed by atoms with van der Waals surface area (Å²) >= 11 is 6.05. The Bertz CT molecular complexity index is 565. The normalized spacial score (nSPS) is 11.4. The van der Waals surface area contributed by atoms with Gasteiger partial charge in [-0.05, 0) is 43.7 Å². The van der Waals surface area contributed by atoms with Gasteiger partial charge in [0.2, 0.25) is 0 Å². The van der Waals surface area contributed by atoms with Crippen molar-refractivity contribution in [2.24, 2.45) is 5.10 Å². The molecule has 0 amide bonds. The zero-order valence-corrected chi connectivity index (χ0v) is 11.1. The van der Waals surface area contributed by atoms with Crippen LogP contribution in [0.15, 0.2) is 47.8 Å². The number of anilines is 1. The Morgan fingerprint density at radius 2 is 1.94 bits per heavy atom. The predicted molar refractivity (Wildman–Crippen MR) is 76.3 cm³/mol. The van der Waals surface area contributed by atoms with E-state index in [-0.39, 0.29) is 0 Å². The van der Waals surface area contributed by atoms with E-state index in [4.69, 9.17) is 11.6 Å². The highest BCUT2D eigenvalue weighted by molar-refractivity contribution is 6.31. The van der Waals surface area contributed by atoms with Gasteiger partial charge in [-0.3, -0.25) is 10.4 Å². The Morgan fingerprint density at radius 1 is 1.22 bits per heavy atom. The largest absolute Gasteiger partial charge is 0.278 e. The van der Waals surface area contributed by atoms with Gasteiger partial charge in [0.25, 0.3) is 0 Å². The SMILES string of the molecule is CC(=NNc1ccc(C)c(Cl)c1)c1ccncc1. The number of nitrogens with zero attached hydrogens (tertiary/aromatic N) is 2. The minimum atomic E-state index is 0.733. The zero-order chi connectivity index (χ0) is 13.0. The number of hydrazone groups is 1. The van der Waals surface area contributed by atoms with Crippen LogP contribution in [0.25, 0.3) is 0 Å². The number of aromatic nitrogens is 1. The van der Waals surface area contributed by atoms with Gasteiger partial charge < -0.3 is 0 Å². The van der Waals surface area contributed by atoms with Gasteiger partial charge in [-0.1, -0.05) is 17.7 Å². The molecule has 0 atom stereocenters. The van der Waals surface area contributed by atoms with Crippen molar-refractivity contribution in [3.05, 3.63) is 58.9 Å². The zero-order valence-electron chi connectivity index (χ0n) is 10.3. The van der Waals surface area contributed by atoms with E-state index in [1.54, 1.807) is 12.4 Å². The number of nitrogens with one attached hydrogen (secondary N) is 1. The summed E-state index contributed by atoms with van der Waals surface area (Å²) in [6.07, 6.45) is 3.49. The molecule has 0 spiro atoms. The molecule has 1 aromatic carbocycles. The summed E-state index contributed by atoms with van der Waals surface area (Å²) in [6, 6.07) is 9.61. The van der Waals surface area contributed by atoms with Crippen LogP contribution in [-0.4, -0.2) is 10.7 Å². The number of rotatable bonds is 3. The fraction of sp³-hybridized carbons (Fsp3) is 0.143. The smallest absolute Gasteiger partial charge is 0.0649 e. The van der Waals surface area contributed by atoms with Crippen LogP contribution in [-0.2, 0) is 0 Å². The minimum Gasteiger partial charge on any atom is -0.278 e. The highest BCUT2D eigenvalue weighted by atomic mass is 35.5. The van der Waals surface area contributed by atoms with E-state index in [1.807, 2.05) is 44.2 Å². The van der Waals surface area contributed by atoms with Crippen LogP contribution in [0.1, 0.15) is 18.1 Å². The van der Waals surface area contributed by atoms with Gasteiger partial charge in [0.1, 0.15) is 0 Å². The predicted octanol–water partition coefficient (Wildman–Crippen LogP) is 3.88. The highest BCUT2D eigenvalue weighted by Crippen LogP contribution is 2.19. The second kappa shape index (κ2) is 5.65. The molecule has 0 unspecified atom stereocenters. The standard InChI is InChI=1S/C14H14ClN3/c1-10-3-4-13(9-14(10)15)18-17-11(2)12-5-7-16-8-6-12/h3-9,18H,1-2H3. The highest BCUT2D eigenvalue weighted by Gasteiger charge is 1.98. The summed E-state index contributed by atoms with van der Waals surface area (Å²) < 4.78 is 0. The molecular formula is C14H14ClN3. The Labute approximate surface area is 112 Å². The third-order valence-corrected chi connectivity index (χ3v) is 3.03. The molecule has 0 radical (unpaired) electrons. The third kappa shape index (κ3) is 3.08. The molecule has 0 saturated heterocycles. The molecule has 2 rings (SSSR count). The molecule has 0 aliphatic carbocycles. The van der Waals surface area contributed by atoms with Gasteiger partial charge in [0, 0.05) is 23.0 Å². The first-order chi connectivity index (χ1) is 8.66. The second-order valence-electron chi connectivity index (χ2n) is 4.01. The van der Waals surface area contributed by atoms with Crippen LogP contribution < -0.4 is 5.43 Å². The Balaban J connectivity index is 2.13. The van der Waals surface area contributed by atoms with Crippen molar-refractivity contribution in [1.29, 1.82) is 0 Å². The van der Waals surface area contributed by atoms with E-state index in [2.05, 4.69) is 15.5 Å². The quantitative estimate of drug-likeness (QED) is 0.671. The van der Waals surface area contributed by atoms with E-state index in [0.717, 1.165) is 27.5 Å². The molecule has 18 heavy (non-hydrogen) atoms. The van der Waals surface area contributed by atoms with Crippen LogP contribution >= 0.6 is 11.6 Å². The maximum Gasteiger partial charge on any atom is 0.0649 e. The van der Waals surface area contributed by atoms with Crippen LogP contribution in [0.5, 0.6) is 0 Å². The summed E-state index contributed by atoms with van der Waals surface area (Å²) in [5.74, 6) is 0. The first-order valence-corrected chi connectivity index (χ1v) is 6.01. The Morgan fingerprint density at radius 3 is 2.61 bits per heavy atom. The first-order valence-electron chi connectivity index (χ1n) is 5.63. The molecule has 1 heterocycles. The van der Waals surface area contributed by atoms with Gasteiger partial charge >= 0.3 is 0 Å². The average Bonchev–Trinajstić information content (AvgIpc) is 2.41. The van der Waals surface area contributed by atoms with Crippen molar-refractivity contribution in [2.45, 2.75) is 13.8 Å². The van der Waals surface area contributed by atoms with E-state index >= 15 is 0 Å². The van der Waals surface area contributed by atoms with Crippen molar-refractivity contribution in [3.8, 4) is 0 Å². The lowest BCUT2D eigenvalue weighted by molar-refractivity contribution is 1.29. The first kappa shape index (κ1) is 12.6. The minimum absolute atomic E-state index is 0.733. The monoisotopic (exact) mass is 259 g/mol. The van der Waals surface area contributed by atoms with E-state index in [9.17, 15) is 0 Å². The summed E-state index contributed by atoms with van der Waals surface area (Å²) in [6.45, 7) is 3.91. The molecule has 0 aliphatic rings. The third-order valence-electron chi connectivity index (χ3n) is 2.62. The molecule has 2 aromatic rings. The molecule has 1 aromatic heterocycles. The summed E-state index contributed by atoms with van der Waals surface area (Å²) in [5, 5.41) is 5.05. The van der Waals surface area contributed by atoms with Gasteiger partial charge in [-0.15, -0.1) is 0 Å². The van der Waals surface area contributed by atoms with E-state index < -0.39 is 0 Å². The number of benzene rings is 1. The lowest BCUT2D eigenvalue weighted by Crippen LogP contribution is -1.99. The van der Waals surface area contributed by atoms with Crippen molar-refractivity contribution < 1.29 is 0 Å². The summed E-state index contributed by atoms with van der Waals surface area (Å²) in [5.41, 5.74) is 6.86. The lowest BCUT2D eigenvalue weighted by atomic mass is 10.2. The van der Waals surface area contributed by atoms with E-state index in [0.29, 0.717) is 0 Å². The number of hydrogen-bond donors (Lipinski definition) is 1. The van der Waals surface area contributed by atoms with Crippen molar-refractivity contribution in [2.75, 3.05) is 5.43 Å². The molecule has 92 valence electrons. The van der Waals surface area contributed by atoms with Gasteiger partial charge in [-0.25, -0.2) is 0 Å². The number of aryl methyl sites for hydroxylation is 1. The van der Waals surface area contributed by atoms with Crippen molar-refractivity contribution in [3.63, 3.8) is 0 Å². The number of pyridine rings is 1.